The molecule has 1 unspecified atom stereocenters. The normalized spacial score (nSPS) is 13.1. The predicted octanol–water partition coefficient (Wildman–Crippen LogP) is 2.56. The number of hydrogen-bond donors (Lipinski definition) is 0. The molecule has 0 amide bonds. The summed E-state index contributed by atoms with van der Waals surface area (Å²) in [5.74, 6) is -0.499. The van der Waals surface area contributed by atoms with Crippen LogP contribution in [-0.2, 0) is 19.4 Å². The third-order valence-electron chi connectivity index (χ3n) is 2.43. The average Bonchev–Trinajstić information content (AvgIpc) is 2.29. The molecule has 18 heavy (non-hydrogen) atoms. The number of sulfone groups is 1. The quantitative estimate of drug-likeness (QED) is 0.776. The number of carbonyl (C=O) groups excluding carboxylic acids is 1. The van der Waals surface area contributed by atoms with Crippen LogP contribution in [0.1, 0.15) is 20.3 Å². The van der Waals surface area contributed by atoms with E-state index in [-0.39, 0.29) is 17.9 Å². The first kappa shape index (κ1) is 15.2. The zero-order valence-electron chi connectivity index (χ0n) is 10.2. The maximum Gasteiger partial charge on any atom is 0.307 e. The van der Waals surface area contributed by atoms with E-state index >= 15 is 0 Å². The van der Waals surface area contributed by atoms with Gasteiger partial charge in [0, 0.05) is 4.47 Å². The van der Waals surface area contributed by atoms with E-state index in [0.717, 1.165) is 0 Å². The minimum atomic E-state index is -3.53. The summed E-state index contributed by atoms with van der Waals surface area (Å²) in [6.07, 6.45) is -0.141. The van der Waals surface area contributed by atoms with Gasteiger partial charge in [-0.15, -0.1) is 0 Å². The zero-order chi connectivity index (χ0) is 13.8. The lowest BCUT2D eigenvalue weighted by atomic mass is 10.3. The Kier molecular flexibility index (Phi) is 5.34. The van der Waals surface area contributed by atoms with Gasteiger partial charge >= 0.3 is 5.97 Å². The Morgan fingerprint density at radius 3 is 2.56 bits per heavy atom. The third kappa shape index (κ3) is 3.55. The molecule has 0 heterocycles. The fourth-order valence-corrected chi connectivity index (χ4v) is 3.82. The monoisotopic (exact) mass is 334 g/mol. The summed E-state index contributed by atoms with van der Waals surface area (Å²) in [7, 11) is -3.53. The maximum absolute atomic E-state index is 12.3. The van der Waals surface area contributed by atoms with Gasteiger partial charge in [-0.3, -0.25) is 4.79 Å². The first-order valence-electron chi connectivity index (χ1n) is 5.53. The molecule has 1 atom stereocenters. The molecule has 0 bridgehead atoms. The Hall–Kier alpha value is -0.880. The number of halogens is 1. The van der Waals surface area contributed by atoms with E-state index in [4.69, 9.17) is 4.74 Å². The Bertz CT molecular complexity index is 525. The van der Waals surface area contributed by atoms with Gasteiger partial charge in [-0.1, -0.05) is 12.1 Å². The Morgan fingerprint density at radius 1 is 1.39 bits per heavy atom. The van der Waals surface area contributed by atoms with Crippen molar-refractivity contribution < 1.29 is 17.9 Å². The fraction of sp³-hybridized carbons (Fsp3) is 0.417. The molecule has 1 aromatic carbocycles. The Balaban J connectivity index is 2.94. The van der Waals surface area contributed by atoms with Gasteiger partial charge in [-0.2, -0.15) is 0 Å². The minimum Gasteiger partial charge on any atom is -0.466 e. The number of rotatable bonds is 5. The summed E-state index contributed by atoms with van der Waals surface area (Å²) in [6, 6.07) is 6.55. The summed E-state index contributed by atoms with van der Waals surface area (Å²) in [5, 5.41) is -0.810. The van der Waals surface area contributed by atoms with Gasteiger partial charge in [0.15, 0.2) is 9.84 Å². The van der Waals surface area contributed by atoms with Gasteiger partial charge in [0.1, 0.15) is 0 Å². The number of esters is 1. The van der Waals surface area contributed by atoms with Crippen molar-refractivity contribution in [1.29, 1.82) is 0 Å². The molecular weight excluding hydrogens is 320 g/mol. The highest BCUT2D eigenvalue weighted by atomic mass is 79.9. The first-order valence-corrected chi connectivity index (χ1v) is 7.87. The van der Waals surface area contributed by atoms with Gasteiger partial charge in [-0.25, -0.2) is 8.42 Å². The molecule has 0 N–H and O–H groups in total. The van der Waals surface area contributed by atoms with E-state index < -0.39 is 21.1 Å². The lowest BCUT2D eigenvalue weighted by Gasteiger charge is -2.13. The summed E-state index contributed by atoms with van der Waals surface area (Å²) in [4.78, 5) is 11.5. The number of ether oxygens (including phenoxy) is 1. The molecular formula is C12H15BrO4S. The first-order chi connectivity index (χ1) is 8.39. The summed E-state index contributed by atoms with van der Waals surface area (Å²) >= 11 is 3.20. The molecule has 0 fully saturated rings. The van der Waals surface area contributed by atoms with Gasteiger partial charge in [0.25, 0.3) is 0 Å². The molecule has 100 valence electrons. The van der Waals surface area contributed by atoms with Crippen LogP contribution in [0.15, 0.2) is 33.6 Å². The topological polar surface area (TPSA) is 60.4 Å². The number of hydrogen-bond acceptors (Lipinski definition) is 4. The van der Waals surface area contributed by atoms with Crippen molar-refractivity contribution in [1.82, 2.24) is 0 Å². The highest BCUT2D eigenvalue weighted by Gasteiger charge is 2.27. The lowest BCUT2D eigenvalue weighted by molar-refractivity contribution is -0.143. The van der Waals surface area contributed by atoms with E-state index in [9.17, 15) is 13.2 Å². The van der Waals surface area contributed by atoms with Crippen LogP contribution in [0, 0.1) is 0 Å². The highest BCUT2D eigenvalue weighted by Crippen LogP contribution is 2.26. The van der Waals surface area contributed by atoms with Crippen LogP contribution in [0.25, 0.3) is 0 Å². The molecule has 0 saturated carbocycles. The fourth-order valence-electron chi connectivity index (χ4n) is 1.46. The smallest absolute Gasteiger partial charge is 0.307 e. The lowest BCUT2D eigenvalue weighted by Crippen LogP contribution is -2.23. The minimum absolute atomic E-state index is 0.141. The van der Waals surface area contributed by atoms with Crippen LogP contribution >= 0.6 is 15.9 Å². The van der Waals surface area contributed by atoms with Crippen LogP contribution in [0.3, 0.4) is 0 Å². The molecule has 1 rings (SSSR count). The van der Waals surface area contributed by atoms with Crippen LogP contribution < -0.4 is 0 Å². The SMILES string of the molecule is CCOC(=O)CC(C)S(=O)(=O)c1ccccc1Br. The largest absolute Gasteiger partial charge is 0.466 e. The van der Waals surface area contributed by atoms with E-state index in [1.165, 1.54) is 13.0 Å². The molecule has 0 aliphatic heterocycles. The van der Waals surface area contributed by atoms with Crippen molar-refractivity contribution in [2.75, 3.05) is 6.61 Å². The molecule has 0 saturated heterocycles. The van der Waals surface area contributed by atoms with E-state index in [2.05, 4.69) is 15.9 Å². The Labute approximate surface area is 115 Å². The molecule has 0 aliphatic carbocycles. The van der Waals surface area contributed by atoms with Crippen molar-refractivity contribution >= 4 is 31.7 Å². The second-order valence-corrected chi connectivity index (χ2v) is 6.98. The maximum atomic E-state index is 12.3. The van der Waals surface area contributed by atoms with Crippen LogP contribution in [0.5, 0.6) is 0 Å². The summed E-state index contributed by atoms with van der Waals surface area (Å²) < 4.78 is 29.8. The molecule has 0 radical (unpaired) electrons. The van der Waals surface area contributed by atoms with E-state index in [0.29, 0.717) is 4.47 Å². The molecule has 4 nitrogen and oxygen atoms in total. The third-order valence-corrected chi connectivity index (χ3v) is 5.58. The standard InChI is InChI=1S/C12H15BrO4S/c1-3-17-12(14)8-9(2)18(15,16)11-7-5-4-6-10(11)13/h4-7,9H,3,8H2,1-2H3. The second kappa shape index (κ2) is 6.33. The van der Waals surface area contributed by atoms with Crippen LogP contribution in [0.2, 0.25) is 0 Å². The van der Waals surface area contributed by atoms with Crippen LogP contribution in [-0.4, -0.2) is 26.2 Å². The van der Waals surface area contributed by atoms with Gasteiger partial charge < -0.3 is 4.74 Å². The summed E-state index contributed by atoms with van der Waals surface area (Å²) in [6.45, 7) is 3.44. The highest BCUT2D eigenvalue weighted by molar-refractivity contribution is 9.10. The Morgan fingerprint density at radius 2 is 2.00 bits per heavy atom. The predicted molar refractivity (Wildman–Crippen MR) is 72.0 cm³/mol. The van der Waals surface area contributed by atoms with Gasteiger partial charge in [0.05, 0.1) is 23.2 Å². The van der Waals surface area contributed by atoms with Crippen molar-refractivity contribution in [3.63, 3.8) is 0 Å². The van der Waals surface area contributed by atoms with Crippen LogP contribution in [0.4, 0.5) is 0 Å². The molecule has 0 aromatic heterocycles. The average molecular weight is 335 g/mol. The van der Waals surface area contributed by atoms with Crippen molar-refractivity contribution in [2.24, 2.45) is 0 Å². The molecule has 1 aromatic rings. The van der Waals surface area contributed by atoms with E-state index in [1.807, 2.05) is 0 Å². The molecule has 0 aliphatic rings. The second-order valence-electron chi connectivity index (χ2n) is 3.80. The van der Waals surface area contributed by atoms with E-state index in [1.54, 1.807) is 25.1 Å². The van der Waals surface area contributed by atoms with Gasteiger partial charge in [-0.05, 0) is 41.9 Å². The van der Waals surface area contributed by atoms with Crippen molar-refractivity contribution in [3.05, 3.63) is 28.7 Å². The van der Waals surface area contributed by atoms with Gasteiger partial charge in [0.2, 0.25) is 0 Å². The number of benzene rings is 1. The zero-order valence-corrected chi connectivity index (χ0v) is 12.6. The number of carbonyl (C=O) groups is 1. The molecule has 0 spiro atoms. The van der Waals surface area contributed by atoms with Crippen molar-refractivity contribution in [3.8, 4) is 0 Å². The molecule has 6 heteroatoms. The summed E-state index contributed by atoms with van der Waals surface area (Å²) in [5.41, 5.74) is 0. The van der Waals surface area contributed by atoms with Crippen molar-refractivity contribution in [2.45, 2.75) is 30.4 Å².